The molecule has 2 nitrogen and oxygen atoms in total. The Morgan fingerprint density at radius 3 is 2.88 bits per heavy atom. The number of hydrogen-bond donors (Lipinski definition) is 1. The lowest BCUT2D eigenvalue weighted by Crippen LogP contribution is -2.09. The van der Waals surface area contributed by atoms with Crippen LogP contribution in [0.4, 0.5) is 0 Å². The molecule has 0 aliphatic heterocycles. The highest BCUT2D eigenvalue weighted by atomic mass is 79.9. The monoisotopic (exact) mass is 307 g/mol. The number of hydrogen-bond acceptors (Lipinski definition) is 3. The van der Waals surface area contributed by atoms with E-state index < -0.39 is 0 Å². The molecule has 3 aromatic rings. The van der Waals surface area contributed by atoms with Crippen molar-refractivity contribution < 1.29 is 4.42 Å². The van der Waals surface area contributed by atoms with Gasteiger partial charge < -0.3 is 10.2 Å². The zero-order valence-corrected chi connectivity index (χ0v) is 11.3. The second-order valence-corrected chi connectivity index (χ2v) is 5.56. The average Bonchev–Trinajstić information content (AvgIpc) is 2.96. The van der Waals surface area contributed by atoms with Crippen LogP contribution in [0.25, 0.3) is 11.0 Å². The highest BCUT2D eigenvalue weighted by Crippen LogP contribution is 2.29. The number of halogens is 1. The summed E-state index contributed by atoms with van der Waals surface area (Å²) in [5.74, 6) is 0.802. The molecule has 2 heterocycles. The van der Waals surface area contributed by atoms with Crippen molar-refractivity contribution in [3.63, 3.8) is 0 Å². The van der Waals surface area contributed by atoms with Crippen molar-refractivity contribution in [2.24, 2.45) is 5.73 Å². The second-order valence-electron chi connectivity index (χ2n) is 3.87. The maximum absolute atomic E-state index is 6.16. The van der Waals surface area contributed by atoms with E-state index in [4.69, 9.17) is 10.2 Å². The first-order valence-electron chi connectivity index (χ1n) is 5.21. The SMILES string of the molecule is NC(c1ccsc1)c1cc2cc(Br)ccc2o1. The van der Waals surface area contributed by atoms with Gasteiger partial charge in [-0.05, 0) is 46.7 Å². The van der Waals surface area contributed by atoms with Gasteiger partial charge in [0.05, 0.1) is 6.04 Å². The van der Waals surface area contributed by atoms with Gasteiger partial charge in [0.15, 0.2) is 0 Å². The van der Waals surface area contributed by atoms with E-state index in [1.165, 1.54) is 0 Å². The van der Waals surface area contributed by atoms with Crippen molar-refractivity contribution in [2.75, 3.05) is 0 Å². The van der Waals surface area contributed by atoms with Crippen LogP contribution in [-0.2, 0) is 0 Å². The Labute approximate surface area is 111 Å². The molecule has 86 valence electrons. The fourth-order valence-corrected chi connectivity index (χ4v) is 2.88. The predicted molar refractivity (Wildman–Crippen MR) is 74.3 cm³/mol. The first kappa shape index (κ1) is 11.0. The van der Waals surface area contributed by atoms with Gasteiger partial charge in [0.2, 0.25) is 0 Å². The Hall–Kier alpha value is -1.10. The van der Waals surface area contributed by atoms with Gasteiger partial charge >= 0.3 is 0 Å². The first-order chi connectivity index (χ1) is 8.24. The number of benzene rings is 1. The Balaban J connectivity index is 2.06. The summed E-state index contributed by atoms with van der Waals surface area (Å²) in [6, 6.07) is 9.78. The maximum atomic E-state index is 6.16. The zero-order valence-electron chi connectivity index (χ0n) is 8.89. The van der Waals surface area contributed by atoms with Gasteiger partial charge in [-0.2, -0.15) is 11.3 Å². The summed E-state index contributed by atoms with van der Waals surface area (Å²) in [4.78, 5) is 0. The summed E-state index contributed by atoms with van der Waals surface area (Å²) < 4.78 is 6.81. The second kappa shape index (κ2) is 4.29. The van der Waals surface area contributed by atoms with Gasteiger partial charge in [0.1, 0.15) is 11.3 Å². The van der Waals surface area contributed by atoms with E-state index >= 15 is 0 Å². The minimum Gasteiger partial charge on any atom is -0.459 e. The van der Waals surface area contributed by atoms with Crippen LogP contribution in [0.1, 0.15) is 17.4 Å². The Morgan fingerprint density at radius 1 is 1.24 bits per heavy atom. The molecule has 0 saturated heterocycles. The Bertz CT molecular complexity index is 645. The topological polar surface area (TPSA) is 39.2 Å². The standard InChI is InChI=1S/C13H10BrNOS/c14-10-1-2-11-9(5-10)6-12(16-11)13(15)8-3-4-17-7-8/h1-7,13H,15H2. The number of fused-ring (bicyclic) bond motifs is 1. The third kappa shape index (κ3) is 2.04. The highest BCUT2D eigenvalue weighted by molar-refractivity contribution is 9.10. The minimum atomic E-state index is -0.188. The van der Waals surface area contributed by atoms with Crippen LogP contribution < -0.4 is 5.73 Å². The van der Waals surface area contributed by atoms with E-state index in [2.05, 4.69) is 15.9 Å². The van der Waals surface area contributed by atoms with E-state index in [0.29, 0.717) is 0 Å². The van der Waals surface area contributed by atoms with Crippen LogP contribution in [-0.4, -0.2) is 0 Å². The molecule has 0 spiro atoms. The lowest BCUT2D eigenvalue weighted by Gasteiger charge is -2.04. The summed E-state index contributed by atoms with van der Waals surface area (Å²) >= 11 is 5.09. The molecular formula is C13H10BrNOS. The molecule has 1 aromatic carbocycles. The van der Waals surface area contributed by atoms with E-state index in [9.17, 15) is 0 Å². The summed E-state index contributed by atoms with van der Waals surface area (Å²) in [5, 5.41) is 5.14. The highest BCUT2D eigenvalue weighted by Gasteiger charge is 2.14. The van der Waals surface area contributed by atoms with E-state index in [1.807, 2.05) is 41.1 Å². The van der Waals surface area contributed by atoms with Crippen molar-refractivity contribution in [2.45, 2.75) is 6.04 Å². The molecule has 0 bridgehead atoms. The van der Waals surface area contributed by atoms with E-state index in [1.54, 1.807) is 11.3 Å². The van der Waals surface area contributed by atoms with Crippen LogP contribution >= 0.6 is 27.3 Å². The molecule has 2 N–H and O–H groups in total. The Kier molecular flexibility index (Phi) is 2.78. The third-order valence-corrected chi connectivity index (χ3v) is 3.90. The average molecular weight is 308 g/mol. The molecule has 17 heavy (non-hydrogen) atoms. The first-order valence-corrected chi connectivity index (χ1v) is 6.94. The molecule has 3 rings (SSSR count). The fourth-order valence-electron chi connectivity index (χ4n) is 1.80. The van der Waals surface area contributed by atoms with E-state index in [0.717, 1.165) is 26.8 Å². The molecule has 0 radical (unpaired) electrons. The van der Waals surface area contributed by atoms with Crippen LogP contribution in [0.2, 0.25) is 0 Å². The van der Waals surface area contributed by atoms with Gasteiger partial charge in [-0.15, -0.1) is 0 Å². The molecule has 4 heteroatoms. The van der Waals surface area contributed by atoms with Crippen molar-refractivity contribution in [1.29, 1.82) is 0 Å². The molecule has 2 aromatic heterocycles. The normalized spacial score (nSPS) is 13.1. The molecule has 0 aliphatic carbocycles. The summed E-state index contributed by atoms with van der Waals surface area (Å²) in [7, 11) is 0. The molecule has 0 aliphatic rings. The molecule has 0 fully saturated rings. The number of nitrogens with two attached hydrogens (primary N) is 1. The van der Waals surface area contributed by atoms with Gasteiger partial charge in [0, 0.05) is 9.86 Å². The van der Waals surface area contributed by atoms with Crippen LogP contribution in [0.3, 0.4) is 0 Å². The lowest BCUT2D eigenvalue weighted by atomic mass is 10.1. The van der Waals surface area contributed by atoms with Gasteiger partial charge in [-0.3, -0.25) is 0 Å². The molecule has 1 unspecified atom stereocenters. The van der Waals surface area contributed by atoms with Crippen molar-refractivity contribution in [3.8, 4) is 0 Å². The van der Waals surface area contributed by atoms with E-state index in [-0.39, 0.29) is 6.04 Å². The summed E-state index contributed by atoms with van der Waals surface area (Å²) in [6.07, 6.45) is 0. The number of thiophene rings is 1. The molecular weight excluding hydrogens is 298 g/mol. The quantitative estimate of drug-likeness (QED) is 0.766. The van der Waals surface area contributed by atoms with Gasteiger partial charge in [-0.1, -0.05) is 15.9 Å². The van der Waals surface area contributed by atoms with Crippen molar-refractivity contribution in [1.82, 2.24) is 0 Å². The fraction of sp³-hybridized carbons (Fsp3) is 0.0769. The molecule has 1 atom stereocenters. The summed E-state index contributed by atoms with van der Waals surface area (Å²) in [6.45, 7) is 0. The summed E-state index contributed by atoms with van der Waals surface area (Å²) in [5.41, 5.74) is 8.12. The van der Waals surface area contributed by atoms with Crippen molar-refractivity contribution in [3.05, 3.63) is 56.9 Å². The smallest absolute Gasteiger partial charge is 0.134 e. The van der Waals surface area contributed by atoms with Crippen LogP contribution in [0, 0.1) is 0 Å². The third-order valence-electron chi connectivity index (χ3n) is 2.71. The lowest BCUT2D eigenvalue weighted by molar-refractivity contribution is 0.525. The van der Waals surface area contributed by atoms with Crippen LogP contribution in [0.5, 0.6) is 0 Å². The largest absolute Gasteiger partial charge is 0.459 e. The minimum absolute atomic E-state index is 0.188. The molecule has 0 amide bonds. The number of furan rings is 1. The van der Waals surface area contributed by atoms with Crippen molar-refractivity contribution >= 4 is 38.2 Å². The van der Waals surface area contributed by atoms with Crippen LogP contribution in [0.15, 0.2) is 50.0 Å². The number of rotatable bonds is 2. The van der Waals surface area contributed by atoms with Gasteiger partial charge in [0.25, 0.3) is 0 Å². The maximum Gasteiger partial charge on any atom is 0.134 e. The zero-order chi connectivity index (χ0) is 11.8. The van der Waals surface area contributed by atoms with Gasteiger partial charge in [-0.25, -0.2) is 0 Å². The molecule has 0 saturated carbocycles. The predicted octanol–water partition coefficient (Wildman–Crippen LogP) is 4.30. The Morgan fingerprint density at radius 2 is 2.12 bits per heavy atom.